The number of unbranched alkanes of at least 4 members (excludes halogenated alkanes) is 39. The van der Waals surface area contributed by atoms with Crippen molar-refractivity contribution >= 4 is 25.7 Å². The number of hydrogen-bond donors (Lipinski definition) is 11. The third-order valence-corrected chi connectivity index (χ3v) is 20.3. The highest BCUT2D eigenvalue weighted by molar-refractivity contribution is 7.47. The smallest absolute Gasteiger partial charge is 0.462 e. The fourth-order valence-electron chi connectivity index (χ4n) is 13.0. The minimum Gasteiger partial charge on any atom is -0.462 e. The van der Waals surface area contributed by atoms with Crippen molar-refractivity contribution in [3.63, 3.8) is 0 Å². The highest BCUT2D eigenvalue weighted by Crippen LogP contribution is 2.49. The lowest BCUT2D eigenvalue weighted by Crippen LogP contribution is -2.69. The van der Waals surface area contributed by atoms with E-state index < -0.39 is 156 Å². The molecule has 11 N–H and O–H groups in total. The summed E-state index contributed by atoms with van der Waals surface area (Å²) in [5.41, 5.74) is 0. The topological polar surface area (TPSA) is 374 Å². The molecule has 18 atom stereocenters. The molecule has 2 heterocycles. The van der Waals surface area contributed by atoms with Gasteiger partial charge in [-0.15, -0.1) is 0 Å². The Balaban J connectivity index is 1.73. The van der Waals surface area contributed by atoms with Crippen LogP contribution in [0.2, 0.25) is 0 Å². The number of allylic oxidation sites excluding steroid dienone is 3. The second-order valence-corrected chi connectivity index (χ2v) is 29.6. The maximum atomic E-state index is 14.3. The first-order chi connectivity index (χ1) is 48.3. The Hall–Kier alpha value is -2.56. The van der Waals surface area contributed by atoms with E-state index in [9.17, 15) is 74.9 Å². The molecule has 3 rings (SSSR count). The maximum absolute atomic E-state index is 14.3. The number of carbonyl (C=O) groups excluding carboxylic acids is 3. The van der Waals surface area contributed by atoms with Crippen molar-refractivity contribution in [1.29, 1.82) is 0 Å². The second kappa shape index (κ2) is 56.7. The molecule has 2 aliphatic heterocycles. The van der Waals surface area contributed by atoms with E-state index >= 15 is 0 Å². The van der Waals surface area contributed by atoms with Crippen molar-refractivity contribution in [2.75, 3.05) is 26.4 Å². The summed E-state index contributed by atoms with van der Waals surface area (Å²) >= 11 is 0. The Morgan fingerprint density at radius 1 is 0.410 bits per heavy atom. The Labute approximate surface area is 598 Å². The van der Waals surface area contributed by atoms with Gasteiger partial charge in [-0.1, -0.05) is 283 Å². The van der Waals surface area contributed by atoms with Gasteiger partial charge >= 0.3 is 25.7 Å². The van der Waals surface area contributed by atoms with Crippen LogP contribution < -0.4 is 0 Å². The van der Waals surface area contributed by atoms with Gasteiger partial charge in [-0.3, -0.25) is 18.6 Å². The molecule has 100 heavy (non-hydrogen) atoms. The zero-order chi connectivity index (χ0) is 73.2. The number of phosphoric ester groups is 1. The van der Waals surface area contributed by atoms with E-state index in [2.05, 4.69) is 20.8 Å². The standard InChI is InChI=1S/C75H137O24P/c1-4-7-10-13-16-19-22-25-28-30-33-34-37-40-43-46-49-59(77)91-53-56(94-61(79)51-48-45-42-39-36-31-27-24-21-18-15-12-9-6-3)54-93-100(89,90)99-73-71(97-74-69(87)64(82)62(80)57(52-76)95-74)67(85)66(84)68(86)72(73)98-75-70(88)65(83)63(81)58(96-75)55-92-60(78)50-47-44-41-38-35-32-29-26-23-20-17-14-11-8-5-2/h41,44,47,50,56-58,62-76,80-88H,4-40,42-43,45-46,48-49,51-55H2,1-3H3,(H,89,90)/b44-41+,50-47+. The van der Waals surface area contributed by atoms with Crippen LogP contribution in [-0.4, -0.2) is 204 Å². The van der Waals surface area contributed by atoms with Crippen LogP contribution in [0.3, 0.4) is 0 Å². The minimum atomic E-state index is -5.70. The molecule has 0 radical (unpaired) electrons. The fourth-order valence-corrected chi connectivity index (χ4v) is 13.9. The molecular formula is C75H137O24P. The van der Waals surface area contributed by atoms with Crippen LogP contribution in [0.15, 0.2) is 24.3 Å². The quantitative estimate of drug-likeness (QED) is 0.00673. The molecule has 24 nitrogen and oxygen atoms in total. The highest BCUT2D eigenvalue weighted by Gasteiger charge is 2.58. The number of carbonyl (C=O) groups is 3. The third kappa shape index (κ3) is 39.2. The lowest BCUT2D eigenvalue weighted by atomic mass is 9.84. The van der Waals surface area contributed by atoms with E-state index in [1.54, 1.807) is 6.08 Å². The summed E-state index contributed by atoms with van der Waals surface area (Å²) in [7, 11) is -5.70. The Kier molecular flexibility index (Phi) is 52.0. The molecule has 18 unspecified atom stereocenters. The molecule has 25 heteroatoms. The number of ether oxygens (including phenoxy) is 7. The van der Waals surface area contributed by atoms with E-state index in [1.807, 2.05) is 6.08 Å². The van der Waals surface area contributed by atoms with Gasteiger partial charge in [0.25, 0.3) is 0 Å². The number of hydrogen-bond acceptors (Lipinski definition) is 23. The summed E-state index contributed by atoms with van der Waals surface area (Å²) in [6.45, 7) is 3.39. The summed E-state index contributed by atoms with van der Waals surface area (Å²) in [5, 5.41) is 110. The van der Waals surface area contributed by atoms with Gasteiger partial charge in [0.15, 0.2) is 18.7 Å². The molecule has 0 aromatic carbocycles. The predicted molar refractivity (Wildman–Crippen MR) is 379 cm³/mol. The first-order valence-electron chi connectivity index (χ1n) is 39.2. The molecule has 586 valence electrons. The Morgan fingerprint density at radius 2 is 0.770 bits per heavy atom. The summed E-state index contributed by atoms with van der Waals surface area (Å²) in [4.78, 5) is 51.0. The first-order valence-corrected chi connectivity index (χ1v) is 40.7. The van der Waals surface area contributed by atoms with Gasteiger partial charge in [-0.25, -0.2) is 9.36 Å². The lowest BCUT2D eigenvalue weighted by Gasteiger charge is -2.49. The number of esters is 3. The highest BCUT2D eigenvalue weighted by atomic mass is 31.2. The lowest BCUT2D eigenvalue weighted by molar-refractivity contribution is -0.360. The summed E-state index contributed by atoms with van der Waals surface area (Å²) in [6, 6.07) is 0. The third-order valence-electron chi connectivity index (χ3n) is 19.3. The van der Waals surface area contributed by atoms with E-state index in [-0.39, 0.29) is 12.8 Å². The largest absolute Gasteiger partial charge is 0.472 e. The van der Waals surface area contributed by atoms with E-state index in [0.717, 1.165) is 89.5 Å². The van der Waals surface area contributed by atoms with E-state index in [1.165, 1.54) is 179 Å². The van der Waals surface area contributed by atoms with Crippen molar-refractivity contribution in [1.82, 2.24) is 0 Å². The van der Waals surface area contributed by atoms with Crippen LogP contribution in [0.25, 0.3) is 0 Å². The van der Waals surface area contributed by atoms with Gasteiger partial charge in [0.2, 0.25) is 0 Å². The van der Waals surface area contributed by atoms with Crippen molar-refractivity contribution in [3.8, 4) is 0 Å². The summed E-state index contributed by atoms with van der Waals surface area (Å²) < 4.78 is 64.9. The van der Waals surface area contributed by atoms with E-state index in [0.29, 0.717) is 12.8 Å². The molecular weight excluding hydrogens is 1320 g/mol. The number of phosphoric acid groups is 1. The van der Waals surface area contributed by atoms with Crippen molar-refractivity contribution in [2.45, 2.75) is 407 Å². The van der Waals surface area contributed by atoms with E-state index in [4.69, 9.17) is 42.2 Å². The Bertz CT molecular complexity index is 2160. The van der Waals surface area contributed by atoms with Crippen LogP contribution in [0.5, 0.6) is 0 Å². The van der Waals surface area contributed by atoms with Gasteiger partial charge < -0.3 is 89.1 Å². The normalized spacial score (nSPS) is 27.4. The molecule has 0 bridgehead atoms. The zero-order valence-corrected chi connectivity index (χ0v) is 62.1. The molecule has 0 aromatic heterocycles. The molecule has 0 spiro atoms. The first kappa shape index (κ1) is 91.6. The average Bonchev–Trinajstić information content (AvgIpc) is 0.764. The molecule has 2 saturated heterocycles. The zero-order valence-electron chi connectivity index (χ0n) is 61.2. The number of aliphatic hydroxyl groups is 10. The molecule has 1 aliphatic carbocycles. The van der Waals surface area contributed by atoms with Gasteiger partial charge in [-0.05, 0) is 25.7 Å². The number of aliphatic hydroxyl groups excluding tert-OH is 10. The molecule has 0 amide bonds. The van der Waals surface area contributed by atoms with Crippen LogP contribution >= 0.6 is 7.82 Å². The van der Waals surface area contributed by atoms with Crippen LogP contribution in [0.1, 0.15) is 303 Å². The molecule has 0 aromatic rings. The molecule has 3 aliphatic rings. The van der Waals surface area contributed by atoms with Gasteiger partial charge in [0, 0.05) is 18.9 Å². The second-order valence-electron chi connectivity index (χ2n) is 28.2. The number of rotatable bonds is 61. The maximum Gasteiger partial charge on any atom is 0.472 e. The average molecular weight is 1450 g/mol. The monoisotopic (exact) mass is 1450 g/mol. The van der Waals surface area contributed by atoms with Gasteiger partial charge in [-0.2, -0.15) is 0 Å². The van der Waals surface area contributed by atoms with Crippen LogP contribution in [-0.2, 0) is 61.2 Å². The minimum absolute atomic E-state index is 0.0383. The van der Waals surface area contributed by atoms with Crippen molar-refractivity contribution in [3.05, 3.63) is 24.3 Å². The summed E-state index contributed by atoms with van der Waals surface area (Å²) in [6.07, 6.45) is 18.6. The van der Waals surface area contributed by atoms with Crippen molar-refractivity contribution in [2.24, 2.45) is 0 Å². The molecule has 3 fully saturated rings. The van der Waals surface area contributed by atoms with Crippen LogP contribution in [0, 0.1) is 0 Å². The van der Waals surface area contributed by atoms with Crippen LogP contribution in [0.4, 0.5) is 0 Å². The fraction of sp³-hybridized carbons (Fsp3) is 0.907. The van der Waals surface area contributed by atoms with Gasteiger partial charge in [0.05, 0.1) is 13.2 Å². The van der Waals surface area contributed by atoms with Gasteiger partial charge in [0.1, 0.15) is 98.7 Å². The Morgan fingerprint density at radius 3 is 1.18 bits per heavy atom. The van der Waals surface area contributed by atoms with Crippen molar-refractivity contribution < 1.29 is 117 Å². The molecule has 1 saturated carbocycles. The predicted octanol–water partition coefficient (Wildman–Crippen LogP) is 11.3. The summed E-state index contributed by atoms with van der Waals surface area (Å²) in [5.74, 6) is -2.21. The SMILES string of the molecule is CCCCCCCCCCCCC/C=C/C=C/C(=O)OCC1OC(OC2C(O)C(O)C(O)C(OC3OC(CO)C(O)C(O)C3O)C2OP(=O)(O)OCC(COC(=O)CCCCCCCCCCCCCCCCCC)OC(=O)CCCCCCCCCCCCCCCC)C(O)C(O)C1O.